The van der Waals surface area contributed by atoms with Crippen molar-refractivity contribution in [2.75, 3.05) is 0 Å². The Morgan fingerprint density at radius 1 is 1.16 bits per heavy atom. The average molecular weight is 257 g/mol. The second-order valence-corrected chi connectivity index (χ2v) is 6.92. The van der Waals surface area contributed by atoms with Gasteiger partial charge in [0, 0.05) is 12.4 Å². The molecular weight excluding hydrogens is 238 g/mol. The fourth-order valence-corrected chi connectivity index (χ4v) is 5.47. The maximum absolute atomic E-state index is 11.5. The van der Waals surface area contributed by atoms with Gasteiger partial charge in [-0.2, -0.15) is 0 Å². The van der Waals surface area contributed by atoms with E-state index < -0.39 is 5.97 Å². The fourth-order valence-electron chi connectivity index (χ4n) is 5.47. The Balaban J connectivity index is 1.82. The van der Waals surface area contributed by atoms with Gasteiger partial charge in [0.05, 0.1) is 5.56 Å². The van der Waals surface area contributed by atoms with Crippen LogP contribution < -0.4 is 0 Å². The third-order valence-electron chi connectivity index (χ3n) is 5.66. The molecule has 0 atom stereocenters. The Bertz CT molecular complexity index is 502. The summed E-state index contributed by atoms with van der Waals surface area (Å²) in [5, 5.41) is 9.43. The van der Waals surface area contributed by atoms with Gasteiger partial charge in [0.15, 0.2) is 0 Å². The third-order valence-corrected chi connectivity index (χ3v) is 5.66. The lowest BCUT2D eigenvalue weighted by atomic mass is 9.48. The van der Waals surface area contributed by atoms with Gasteiger partial charge in [0.1, 0.15) is 0 Å². The van der Waals surface area contributed by atoms with Crippen LogP contribution in [-0.2, 0) is 5.41 Å². The van der Waals surface area contributed by atoms with E-state index in [0.29, 0.717) is 5.56 Å². The van der Waals surface area contributed by atoms with Gasteiger partial charge in [0.25, 0.3) is 0 Å². The van der Waals surface area contributed by atoms with Crippen LogP contribution in [0.1, 0.15) is 54.4 Å². The summed E-state index contributed by atoms with van der Waals surface area (Å²) in [6.45, 7) is 0. The second-order valence-electron chi connectivity index (χ2n) is 6.92. The van der Waals surface area contributed by atoms with Crippen LogP contribution in [-0.4, -0.2) is 16.1 Å². The van der Waals surface area contributed by atoms with Crippen LogP contribution in [0.4, 0.5) is 0 Å². The van der Waals surface area contributed by atoms with E-state index in [4.69, 9.17) is 0 Å². The largest absolute Gasteiger partial charge is 0.478 e. The molecule has 3 nitrogen and oxygen atoms in total. The van der Waals surface area contributed by atoms with Crippen LogP contribution in [0, 0.1) is 17.8 Å². The van der Waals surface area contributed by atoms with Crippen LogP contribution >= 0.6 is 0 Å². The van der Waals surface area contributed by atoms with Crippen molar-refractivity contribution < 1.29 is 9.90 Å². The smallest absolute Gasteiger partial charge is 0.337 e. The van der Waals surface area contributed by atoms with Gasteiger partial charge in [-0.25, -0.2) is 4.79 Å². The molecule has 19 heavy (non-hydrogen) atoms. The van der Waals surface area contributed by atoms with E-state index in [9.17, 15) is 9.90 Å². The number of rotatable bonds is 2. The molecule has 1 N–H and O–H groups in total. The lowest BCUT2D eigenvalue weighted by Crippen LogP contribution is -2.49. The van der Waals surface area contributed by atoms with E-state index in [0.717, 1.165) is 23.3 Å². The maximum Gasteiger partial charge on any atom is 0.337 e. The van der Waals surface area contributed by atoms with E-state index in [2.05, 4.69) is 4.98 Å². The van der Waals surface area contributed by atoms with Crippen molar-refractivity contribution in [2.45, 2.75) is 43.9 Å². The first kappa shape index (κ1) is 11.4. The number of aromatic nitrogens is 1. The lowest BCUT2D eigenvalue weighted by Gasteiger charge is -2.57. The van der Waals surface area contributed by atoms with Crippen molar-refractivity contribution in [3.63, 3.8) is 0 Å². The van der Waals surface area contributed by atoms with Gasteiger partial charge >= 0.3 is 5.97 Å². The van der Waals surface area contributed by atoms with Crippen LogP contribution in [0.2, 0.25) is 0 Å². The molecule has 1 aromatic heterocycles. The minimum Gasteiger partial charge on any atom is -0.478 e. The summed E-state index contributed by atoms with van der Waals surface area (Å²) in [6, 6.07) is 1.97. The molecule has 4 saturated carbocycles. The van der Waals surface area contributed by atoms with Crippen molar-refractivity contribution >= 4 is 5.97 Å². The molecule has 100 valence electrons. The summed E-state index contributed by atoms with van der Waals surface area (Å²) in [5.74, 6) is 1.68. The molecule has 1 heterocycles. The van der Waals surface area contributed by atoms with Gasteiger partial charge in [0.2, 0.25) is 0 Å². The van der Waals surface area contributed by atoms with Crippen LogP contribution in [0.3, 0.4) is 0 Å². The van der Waals surface area contributed by atoms with E-state index in [1.54, 1.807) is 6.20 Å². The monoisotopic (exact) mass is 257 g/mol. The number of carbonyl (C=O) groups is 1. The lowest BCUT2D eigenvalue weighted by molar-refractivity contribution is -0.00586. The molecule has 0 unspecified atom stereocenters. The number of hydrogen-bond donors (Lipinski definition) is 1. The molecule has 4 fully saturated rings. The summed E-state index contributed by atoms with van der Waals surface area (Å²) in [5.41, 5.74) is 1.64. The predicted octanol–water partition coefficient (Wildman–Crippen LogP) is 3.25. The van der Waals surface area contributed by atoms with Gasteiger partial charge in [-0.15, -0.1) is 0 Å². The molecule has 5 rings (SSSR count). The van der Waals surface area contributed by atoms with Gasteiger partial charge < -0.3 is 5.11 Å². The van der Waals surface area contributed by atoms with E-state index in [1.807, 2.05) is 6.07 Å². The molecule has 0 radical (unpaired) electrons. The number of hydrogen-bond acceptors (Lipinski definition) is 2. The predicted molar refractivity (Wildman–Crippen MR) is 71.0 cm³/mol. The molecule has 4 bridgehead atoms. The number of aromatic carboxylic acids is 1. The van der Waals surface area contributed by atoms with Crippen LogP contribution in [0.5, 0.6) is 0 Å². The van der Waals surface area contributed by atoms with Crippen molar-refractivity contribution in [3.05, 3.63) is 29.6 Å². The summed E-state index contributed by atoms with van der Waals surface area (Å²) in [6.07, 6.45) is 11.0. The summed E-state index contributed by atoms with van der Waals surface area (Å²) < 4.78 is 0. The minimum atomic E-state index is -0.821. The Labute approximate surface area is 113 Å². The minimum absolute atomic E-state index is 0.144. The van der Waals surface area contributed by atoms with E-state index >= 15 is 0 Å². The molecule has 0 spiro atoms. The first-order valence-corrected chi connectivity index (χ1v) is 7.34. The molecule has 0 aliphatic heterocycles. The summed E-state index contributed by atoms with van der Waals surface area (Å²) in [4.78, 5) is 15.5. The molecular formula is C16H19NO2. The Hall–Kier alpha value is -1.38. The van der Waals surface area contributed by atoms with Gasteiger partial charge in [-0.3, -0.25) is 4.98 Å². The Morgan fingerprint density at radius 2 is 1.74 bits per heavy atom. The van der Waals surface area contributed by atoms with Crippen LogP contribution in [0.15, 0.2) is 18.5 Å². The highest BCUT2D eigenvalue weighted by molar-refractivity contribution is 5.89. The zero-order valence-electron chi connectivity index (χ0n) is 11.0. The maximum atomic E-state index is 11.5. The quantitative estimate of drug-likeness (QED) is 0.884. The van der Waals surface area contributed by atoms with E-state index in [1.165, 1.54) is 44.7 Å². The highest BCUT2D eigenvalue weighted by atomic mass is 16.4. The Kier molecular flexibility index (Phi) is 2.30. The normalized spacial score (nSPS) is 39.5. The number of carboxylic acids is 1. The Morgan fingerprint density at radius 3 is 2.26 bits per heavy atom. The summed E-state index contributed by atoms with van der Waals surface area (Å²) >= 11 is 0. The zero-order valence-corrected chi connectivity index (χ0v) is 11.0. The standard InChI is InChI=1S/C16H19NO2/c18-15(19)13-9-17-2-1-14(13)16-6-10-3-11(7-16)5-12(4-10)8-16/h1-2,9-12H,3-8H2,(H,18,19). The van der Waals surface area contributed by atoms with E-state index in [-0.39, 0.29) is 5.41 Å². The van der Waals surface area contributed by atoms with Gasteiger partial charge in [-0.1, -0.05) is 0 Å². The van der Waals surface area contributed by atoms with Crippen molar-refractivity contribution in [1.29, 1.82) is 0 Å². The first-order valence-electron chi connectivity index (χ1n) is 7.34. The molecule has 1 aromatic rings. The first-order chi connectivity index (χ1) is 9.16. The number of carboxylic acid groups (broad SMARTS) is 1. The SMILES string of the molecule is O=C(O)c1cnccc1C12CC3CC(CC(C3)C1)C2. The topological polar surface area (TPSA) is 50.2 Å². The van der Waals surface area contributed by atoms with Crippen molar-refractivity contribution in [3.8, 4) is 0 Å². The highest BCUT2D eigenvalue weighted by Gasteiger charge is 2.52. The van der Waals surface area contributed by atoms with Gasteiger partial charge in [-0.05, 0) is 73.3 Å². The molecule has 0 aromatic carbocycles. The molecule has 3 heteroatoms. The van der Waals surface area contributed by atoms with Crippen molar-refractivity contribution in [1.82, 2.24) is 4.98 Å². The highest BCUT2D eigenvalue weighted by Crippen LogP contribution is 2.61. The van der Waals surface area contributed by atoms with Crippen molar-refractivity contribution in [2.24, 2.45) is 17.8 Å². The van der Waals surface area contributed by atoms with Crippen LogP contribution in [0.25, 0.3) is 0 Å². The molecule has 4 aliphatic rings. The zero-order chi connectivity index (χ0) is 13.0. The average Bonchev–Trinajstić information content (AvgIpc) is 2.37. The molecule has 0 saturated heterocycles. The number of nitrogens with zero attached hydrogens (tertiary/aromatic N) is 1. The summed E-state index contributed by atoms with van der Waals surface area (Å²) in [7, 11) is 0. The molecule has 0 amide bonds. The molecule has 4 aliphatic carbocycles. The second kappa shape index (κ2) is 3.81. The number of pyridine rings is 1. The fraction of sp³-hybridized carbons (Fsp3) is 0.625. The third kappa shape index (κ3) is 1.63.